The van der Waals surface area contributed by atoms with Gasteiger partial charge in [0, 0.05) is 21.6 Å². The van der Waals surface area contributed by atoms with Gasteiger partial charge in [-0.3, -0.25) is 4.79 Å². The Balaban J connectivity index is 1.48. The first-order chi connectivity index (χ1) is 20.0. The van der Waals surface area contributed by atoms with E-state index in [0.717, 1.165) is 33.5 Å². The lowest BCUT2D eigenvalue weighted by Crippen LogP contribution is -2.74. The maximum absolute atomic E-state index is 12.6. The molecule has 0 radical (unpaired) electrons. The Morgan fingerprint density at radius 2 is 1.68 bits per heavy atom. The van der Waals surface area contributed by atoms with Gasteiger partial charge in [-0.15, -0.1) is 0 Å². The zero-order valence-electron chi connectivity index (χ0n) is 21.1. The van der Waals surface area contributed by atoms with Gasteiger partial charge in [0.2, 0.25) is 11.7 Å². The number of aromatic hydroxyl groups is 2. The lowest BCUT2D eigenvalue weighted by molar-refractivity contribution is -0.290. The summed E-state index contributed by atoms with van der Waals surface area (Å²) in [5.74, 6) is 4.03. The third-order valence-corrected chi connectivity index (χ3v) is 8.57. The van der Waals surface area contributed by atoms with Crippen molar-refractivity contribution in [3.8, 4) is 17.2 Å². The molecular formula is C30H17BN6O4. The summed E-state index contributed by atoms with van der Waals surface area (Å²) in [5, 5.41) is 27.0. The number of aliphatic imine (C=N–C) groups is 1. The summed E-state index contributed by atoms with van der Waals surface area (Å²) in [5.41, 5.74) is 2.89. The fourth-order valence-corrected chi connectivity index (χ4v) is 7.03. The molecule has 0 amide bonds. The largest absolute Gasteiger partial charge is 0.648 e. The van der Waals surface area contributed by atoms with Crippen LogP contribution >= 0.6 is 0 Å². The van der Waals surface area contributed by atoms with E-state index in [4.69, 9.17) is 14.6 Å². The third-order valence-electron chi connectivity index (χ3n) is 8.57. The molecule has 1 unspecified atom stereocenters. The van der Waals surface area contributed by atoms with Crippen LogP contribution in [0.15, 0.2) is 82.8 Å². The molecule has 5 aromatic rings. The first-order valence-corrected chi connectivity index (χ1v) is 13.2. The molecule has 5 aliphatic rings. The number of fused-ring (bicyclic) bond motifs is 9. The molecule has 0 spiro atoms. The molecule has 41 heavy (non-hydrogen) atoms. The van der Waals surface area contributed by atoms with Gasteiger partial charge < -0.3 is 33.6 Å². The molecule has 10 nitrogen and oxygen atoms in total. The van der Waals surface area contributed by atoms with E-state index in [1.54, 1.807) is 36.4 Å². The van der Waals surface area contributed by atoms with E-state index in [1.807, 2.05) is 57.5 Å². The Morgan fingerprint density at radius 3 is 2.56 bits per heavy atom. The third kappa shape index (κ3) is 2.29. The molecule has 11 heteroatoms. The molecule has 3 N–H and O–H groups in total. The van der Waals surface area contributed by atoms with Crippen molar-refractivity contribution in [3.63, 3.8) is 0 Å². The van der Waals surface area contributed by atoms with Gasteiger partial charge in [-0.2, -0.15) is 0 Å². The summed E-state index contributed by atoms with van der Waals surface area (Å²) >= 11 is 0. The van der Waals surface area contributed by atoms with Crippen LogP contribution in [0, 0.1) is 0 Å². The first kappa shape index (κ1) is 21.0. The molecule has 0 saturated heterocycles. The minimum Gasteiger partial charge on any atom is -0.648 e. The van der Waals surface area contributed by atoms with E-state index in [1.165, 1.54) is 0 Å². The molecule has 6 heterocycles. The number of aromatic nitrogens is 2. The zero-order chi connectivity index (χ0) is 27.2. The summed E-state index contributed by atoms with van der Waals surface area (Å²) in [6.45, 7) is -2.43. The number of anilines is 2. The SMILES string of the molecule is O=C1C=Cc2c3n4c(c2=C1)=NC1=[N+]2C(=Nc5c6cc(O)ccc6c(n5[B-]42Oc2ccccc2)N3)c2ccc(O)cc21. The van der Waals surface area contributed by atoms with Crippen LogP contribution in [-0.4, -0.2) is 47.9 Å². The second-order valence-corrected chi connectivity index (χ2v) is 10.7. The normalized spacial score (nSPS) is 19.6. The second-order valence-electron chi connectivity index (χ2n) is 10.7. The highest BCUT2D eigenvalue weighted by molar-refractivity contribution is 6.70. The van der Waals surface area contributed by atoms with Crippen LogP contribution in [0.5, 0.6) is 17.2 Å². The van der Waals surface area contributed by atoms with Crippen molar-refractivity contribution in [3.05, 3.63) is 100 Å². The van der Waals surface area contributed by atoms with Crippen LogP contribution in [-0.2, 0) is 4.79 Å². The highest BCUT2D eigenvalue weighted by Crippen LogP contribution is 2.49. The number of nitrogens with one attached hydrogen (secondary N) is 1. The summed E-state index contributed by atoms with van der Waals surface area (Å²) in [4.78, 5) is 23.0. The average molecular weight is 536 g/mol. The Labute approximate surface area is 230 Å². The molecule has 0 fully saturated rings. The predicted octanol–water partition coefficient (Wildman–Crippen LogP) is 2.70. The lowest BCUT2D eigenvalue weighted by atomic mass is 9.75. The van der Waals surface area contributed by atoms with E-state index in [-0.39, 0.29) is 17.3 Å². The predicted molar refractivity (Wildman–Crippen MR) is 153 cm³/mol. The molecule has 1 atom stereocenters. The molecule has 2 aromatic heterocycles. The molecule has 194 valence electrons. The second kappa shape index (κ2) is 6.65. The summed E-state index contributed by atoms with van der Waals surface area (Å²) < 4.78 is 13.3. The van der Waals surface area contributed by atoms with Crippen LogP contribution in [0.25, 0.3) is 22.9 Å². The summed E-state index contributed by atoms with van der Waals surface area (Å²) in [6, 6.07) is 20.0. The number of rotatable bonds is 2. The molecule has 0 saturated carbocycles. The number of phenols is 2. The average Bonchev–Trinajstić information content (AvgIpc) is 3.58. The number of para-hydroxylation sites is 1. The Bertz CT molecular complexity index is 2370. The van der Waals surface area contributed by atoms with Crippen molar-refractivity contribution in [2.45, 2.75) is 0 Å². The van der Waals surface area contributed by atoms with Crippen LogP contribution in [0.3, 0.4) is 0 Å². The van der Waals surface area contributed by atoms with Crippen molar-refractivity contribution >= 4 is 64.6 Å². The molecule has 1 aliphatic carbocycles. The number of benzene rings is 3. The van der Waals surface area contributed by atoms with E-state index in [9.17, 15) is 15.0 Å². The number of carbonyl (C=O) groups excluding carboxylic acids is 1. The molecular weight excluding hydrogens is 519 g/mol. The standard InChI is InChI=1S/C30H17BN6O4/c38-15-6-9-19-22(12-15)28-33-27-21-11-8-17(40)14-24(21)30-34-29-23-13-16(39)7-10-20(23)26-32-25(19)35(28)31(36(26)29,37(27)30)41-18-4-2-1-3-5-18/h1-14,32,38,40H. The quantitative estimate of drug-likeness (QED) is 0.300. The van der Waals surface area contributed by atoms with Gasteiger partial charge in [0.05, 0.1) is 28.5 Å². The summed E-state index contributed by atoms with van der Waals surface area (Å²) in [7, 11) is 0. The van der Waals surface area contributed by atoms with Crippen LogP contribution in [0.2, 0.25) is 0 Å². The maximum atomic E-state index is 12.6. The smallest absolute Gasteiger partial charge is 0.568 e. The van der Waals surface area contributed by atoms with Crippen molar-refractivity contribution in [1.82, 2.24) is 8.96 Å². The minimum absolute atomic E-state index is 0.103. The molecule has 0 bridgehead atoms. The summed E-state index contributed by atoms with van der Waals surface area (Å²) in [6.07, 6.45) is 4.97. The highest BCUT2D eigenvalue weighted by Gasteiger charge is 2.60. The number of hydrogen-bond acceptors (Lipinski definition) is 7. The highest BCUT2D eigenvalue weighted by atomic mass is 16.5. The van der Waals surface area contributed by atoms with Crippen LogP contribution in [0.4, 0.5) is 17.5 Å². The molecule has 10 rings (SSSR count). The fourth-order valence-electron chi connectivity index (χ4n) is 7.03. The van der Waals surface area contributed by atoms with Gasteiger partial charge in [0.15, 0.2) is 17.1 Å². The van der Waals surface area contributed by atoms with Gasteiger partial charge >= 0.3 is 6.75 Å². The number of hydrogen-bond donors (Lipinski definition) is 3. The van der Waals surface area contributed by atoms with E-state index >= 15 is 0 Å². The minimum atomic E-state index is -2.43. The Morgan fingerprint density at radius 1 is 0.854 bits per heavy atom. The number of phenolic OH excluding ortho intramolecular Hbond substituents is 2. The number of ketones is 1. The van der Waals surface area contributed by atoms with Crippen molar-refractivity contribution in [2.75, 3.05) is 5.32 Å². The number of amidine groups is 2. The van der Waals surface area contributed by atoms with Gasteiger partial charge in [-0.1, -0.05) is 28.2 Å². The van der Waals surface area contributed by atoms with Crippen molar-refractivity contribution in [2.24, 2.45) is 9.98 Å². The Kier molecular flexibility index (Phi) is 3.41. The first-order valence-electron chi connectivity index (χ1n) is 13.2. The van der Waals surface area contributed by atoms with E-state index in [0.29, 0.717) is 39.5 Å². The van der Waals surface area contributed by atoms with Gasteiger partial charge in [-0.05, 0) is 66.8 Å². The topological polar surface area (TPSA) is 116 Å². The number of carbonyl (C=O) groups is 1. The number of allylic oxidation sites excluding steroid dienone is 1. The lowest BCUT2D eigenvalue weighted by Gasteiger charge is -2.49. The van der Waals surface area contributed by atoms with Crippen LogP contribution < -0.4 is 20.7 Å². The van der Waals surface area contributed by atoms with Gasteiger partial charge in [0.25, 0.3) is 0 Å². The van der Waals surface area contributed by atoms with Gasteiger partial charge in [0.1, 0.15) is 11.5 Å². The van der Waals surface area contributed by atoms with E-state index < -0.39 is 6.75 Å². The van der Waals surface area contributed by atoms with Crippen molar-refractivity contribution < 1.29 is 24.1 Å². The van der Waals surface area contributed by atoms with Crippen molar-refractivity contribution in [1.29, 1.82) is 0 Å². The maximum Gasteiger partial charge on any atom is 0.568 e. The monoisotopic (exact) mass is 536 g/mol. The zero-order valence-corrected chi connectivity index (χ0v) is 21.1. The fraction of sp³-hybridized carbons (Fsp3) is 0. The molecule has 4 aliphatic heterocycles. The van der Waals surface area contributed by atoms with E-state index in [2.05, 4.69) is 9.79 Å². The molecule has 3 aromatic carbocycles. The Hall–Kier alpha value is -5.84. The number of nitrogens with zero attached hydrogens (tertiary/aromatic N) is 5. The van der Waals surface area contributed by atoms with Gasteiger partial charge in [-0.25, -0.2) is 0 Å². The van der Waals surface area contributed by atoms with Crippen LogP contribution in [0.1, 0.15) is 16.7 Å².